The van der Waals surface area contributed by atoms with Gasteiger partial charge in [0.1, 0.15) is 11.4 Å². The quantitative estimate of drug-likeness (QED) is 0.558. The molecule has 0 aliphatic heterocycles. The summed E-state index contributed by atoms with van der Waals surface area (Å²) in [6, 6.07) is 0. The fourth-order valence-corrected chi connectivity index (χ4v) is 3.56. The number of amides is 2. The van der Waals surface area contributed by atoms with E-state index in [-0.39, 0.29) is 31.1 Å². The predicted octanol–water partition coefficient (Wildman–Crippen LogP) is 0.706. The van der Waals surface area contributed by atoms with Gasteiger partial charge in [0.05, 0.1) is 24.8 Å². The molecule has 0 aromatic carbocycles. The van der Waals surface area contributed by atoms with Crippen LogP contribution in [0, 0.1) is 13.8 Å². The van der Waals surface area contributed by atoms with Gasteiger partial charge in [-0.2, -0.15) is 0 Å². The zero-order valence-electron chi connectivity index (χ0n) is 16.5. The molecule has 2 aromatic rings. The van der Waals surface area contributed by atoms with Crippen LogP contribution in [0.15, 0.2) is 11.1 Å². The number of aromatic nitrogens is 2. The molecular weight excluding hydrogens is 384 g/mol. The third-order valence-corrected chi connectivity index (χ3v) is 5.20. The van der Waals surface area contributed by atoms with E-state index in [1.165, 1.54) is 22.2 Å². The summed E-state index contributed by atoms with van der Waals surface area (Å²) in [5, 5.41) is 5.67. The van der Waals surface area contributed by atoms with E-state index in [4.69, 9.17) is 9.47 Å². The van der Waals surface area contributed by atoms with E-state index in [2.05, 4.69) is 15.6 Å². The number of hydrogen-bond acceptors (Lipinski definition) is 7. The highest BCUT2D eigenvalue weighted by Gasteiger charge is 2.15. The van der Waals surface area contributed by atoms with Crippen LogP contribution in [0.5, 0.6) is 0 Å². The molecule has 0 spiro atoms. The second kappa shape index (κ2) is 10.3. The molecule has 0 aliphatic carbocycles. The van der Waals surface area contributed by atoms with Gasteiger partial charge in [-0.25, -0.2) is 4.98 Å². The number of fused-ring (bicyclic) bond motifs is 1. The molecule has 2 amide bonds. The molecule has 0 aliphatic rings. The highest BCUT2D eigenvalue weighted by Crippen LogP contribution is 2.25. The van der Waals surface area contributed by atoms with Gasteiger partial charge in [0.25, 0.3) is 5.56 Å². The van der Waals surface area contributed by atoms with Crippen LogP contribution in [-0.2, 0) is 25.6 Å². The normalized spacial score (nSPS) is 11.2. The van der Waals surface area contributed by atoms with Crippen LogP contribution < -0.4 is 16.2 Å². The van der Waals surface area contributed by atoms with Gasteiger partial charge in [-0.3, -0.25) is 19.0 Å². The lowest BCUT2D eigenvalue weighted by atomic mass is 10.2. The maximum absolute atomic E-state index is 12.6. The van der Waals surface area contributed by atoms with Crippen molar-refractivity contribution in [3.8, 4) is 0 Å². The molecule has 28 heavy (non-hydrogen) atoms. The fraction of sp³-hybridized carbons (Fsp3) is 0.556. The molecule has 2 N–H and O–H groups in total. The van der Waals surface area contributed by atoms with Crippen molar-refractivity contribution < 1.29 is 19.1 Å². The molecule has 0 unspecified atom stereocenters. The van der Waals surface area contributed by atoms with Crippen molar-refractivity contribution in [3.05, 3.63) is 27.1 Å². The van der Waals surface area contributed by atoms with Gasteiger partial charge in [-0.15, -0.1) is 11.3 Å². The van der Waals surface area contributed by atoms with Crippen LogP contribution in [0.1, 0.15) is 24.3 Å². The molecular formula is C18H26N4O5S. The molecule has 0 atom stereocenters. The van der Waals surface area contributed by atoms with Crippen LogP contribution in [-0.4, -0.2) is 54.0 Å². The molecule has 9 nitrogen and oxygen atoms in total. The van der Waals surface area contributed by atoms with Crippen LogP contribution in [0.3, 0.4) is 0 Å². The van der Waals surface area contributed by atoms with E-state index in [0.29, 0.717) is 23.4 Å². The second-order valence-electron chi connectivity index (χ2n) is 6.06. The summed E-state index contributed by atoms with van der Waals surface area (Å²) in [7, 11) is 0. The standard InChI is InChI=1S/C18H26N4O5S/c1-5-26-15(27-6-2)8-20-13(23)7-19-14(24)9-22-10-21-17-16(18(22)25)11(3)12(4)28-17/h10,15H,5-9H2,1-4H3,(H,19,24)(H,20,23). The number of nitrogens with one attached hydrogen (secondary N) is 2. The van der Waals surface area contributed by atoms with E-state index in [0.717, 1.165) is 10.4 Å². The van der Waals surface area contributed by atoms with Crippen LogP contribution in [0.4, 0.5) is 0 Å². The Hall–Kier alpha value is -2.30. The van der Waals surface area contributed by atoms with E-state index < -0.39 is 12.2 Å². The summed E-state index contributed by atoms with van der Waals surface area (Å²) in [6.07, 6.45) is 0.831. The molecule has 2 aromatic heterocycles. The zero-order valence-corrected chi connectivity index (χ0v) is 17.4. The van der Waals surface area contributed by atoms with Crippen molar-refractivity contribution in [1.82, 2.24) is 20.2 Å². The molecule has 10 heteroatoms. The first kappa shape index (κ1) is 22.0. The van der Waals surface area contributed by atoms with E-state index in [1.807, 2.05) is 27.7 Å². The van der Waals surface area contributed by atoms with Gasteiger partial charge in [-0.1, -0.05) is 0 Å². The first-order chi connectivity index (χ1) is 13.4. The van der Waals surface area contributed by atoms with Crippen LogP contribution in [0.2, 0.25) is 0 Å². The lowest BCUT2D eigenvalue weighted by molar-refractivity contribution is -0.140. The minimum Gasteiger partial charge on any atom is -0.351 e. The van der Waals surface area contributed by atoms with E-state index in [9.17, 15) is 14.4 Å². The zero-order chi connectivity index (χ0) is 20.7. The molecule has 2 rings (SSSR count). The third kappa shape index (κ3) is 5.60. The molecule has 0 fully saturated rings. The van der Waals surface area contributed by atoms with Crippen molar-refractivity contribution in [2.24, 2.45) is 0 Å². The number of hydrogen-bond donors (Lipinski definition) is 2. The highest BCUT2D eigenvalue weighted by atomic mass is 32.1. The van der Waals surface area contributed by atoms with Crippen molar-refractivity contribution in [2.75, 3.05) is 26.3 Å². The Morgan fingerprint density at radius 2 is 1.86 bits per heavy atom. The van der Waals surface area contributed by atoms with Crippen molar-refractivity contribution in [3.63, 3.8) is 0 Å². The van der Waals surface area contributed by atoms with Crippen LogP contribution >= 0.6 is 11.3 Å². The average molecular weight is 410 g/mol. The lowest BCUT2D eigenvalue weighted by Gasteiger charge is -2.17. The summed E-state index contributed by atoms with van der Waals surface area (Å²) in [5.74, 6) is -0.822. The summed E-state index contributed by atoms with van der Waals surface area (Å²) in [6.45, 7) is 8.17. The summed E-state index contributed by atoms with van der Waals surface area (Å²) in [4.78, 5) is 42.5. The third-order valence-electron chi connectivity index (χ3n) is 4.09. The number of aryl methyl sites for hydroxylation is 2. The molecule has 154 valence electrons. The van der Waals surface area contributed by atoms with Crippen molar-refractivity contribution >= 4 is 33.4 Å². The Kier molecular flexibility index (Phi) is 8.09. The van der Waals surface area contributed by atoms with Gasteiger partial charge < -0.3 is 20.1 Å². The molecule has 2 heterocycles. The molecule has 0 saturated carbocycles. The first-order valence-corrected chi connectivity index (χ1v) is 9.90. The van der Waals surface area contributed by atoms with Gasteiger partial charge in [0.2, 0.25) is 11.8 Å². The number of carbonyl (C=O) groups is 2. The highest BCUT2D eigenvalue weighted by molar-refractivity contribution is 7.18. The maximum Gasteiger partial charge on any atom is 0.262 e. The first-order valence-electron chi connectivity index (χ1n) is 9.09. The molecule has 0 radical (unpaired) electrons. The monoisotopic (exact) mass is 410 g/mol. The largest absolute Gasteiger partial charge is 0.351 e. The number of thiophene rings is 1. The Balaban J connectivity index is 1.88. The van der Waals surface area contributed by atoms with Gasteiger partial charge >= 0.3 is 0 Å². The van der Waals surface area contributed by atoms with Gasteiger partial charge in [0.15, 0.2) is 6.29 Å². The Bertz CT molecular complexity index is 886. The number of nitrogens with zero attached hydrogens (tertiary/aromatic N) is 2. The SMILES string of the molecule is CCOC(CNC(=O)CNC(=O)Cn1cnc2sc(C)c(C)c2c1=O)OCC. The number of ether oxygens (including phenoxy) is 2. The minimum absolute atomic E-state index is 0.188. The smallest absolute Gasteiger partial charge is 0.262 e. The summed E-state index contributed by atoms with van der Waals surface area (Å²) >= 11 is 1.45. The average Bonchev–Trinajstić information content (AvgIpc) is 2.95. The summed E-state index contributed by atoms with van der Waals surface area (Å²) in [5.41, 5.74) is 0.618. The van der Waals surface area contributed by atoms with Crippen LogP contribution in [0.25, 0.3) is 10.2 Å². The van der Waals surface area contributed by atoms with Crippen molar-refractivity contribution in [1.29, 1.82) is 0 Å². The predicted molar refractivity (Wildman–Crippen MR) is 106 cm³/mol. The summed E-state index contributed by atoms with van der Waals surface area (Å²) < 4.78 is 11.9. The molecule has 0 bridgehead atoms. The number of rotatable bonds is 10. The van der Waals surface area contributed by atoms with E-state index >= 15 is 0 Å². The second-order valence-corrected chi connectivity index (χ2v) is 7.27. The van der Waals surface area contributed by atoms with Gasteiger partial charge in [-0.05, 0) is 33.3 Å². The van der Waals surface area contributed by atoms with Gasteiger partial charge in [0, 0.05) is 18.1 Å². The Morgan fingerprint density at radius 3 is 2.50 bits per heavy atom. The molecule has 0 saturated heterocycles. The van der Waals surface area contributed by atoms with E-state index in [1.54, 1.807) is 0 Å². The number of carbonyl (C=O) groups excluding carboxylic acids is 2. The Morgan fingerprint density at radius 1 is 1.18 bits per heavy atom. The fourth-order valence-electron chi connectivity index (χ4n) is 2.57. The maximum atomic E-state index is 12.6. The van der Waals surface area contributed by atoms with Crippen molar-refractivity contribution in [2.45, 2.75) is 40.5 Å². The lowest BCUT2D eigenvalue weighted by Crippen LogP contribution is -2.42. The minimum atomic E-state index is -0.525. The Labute approximate surface area is 167 Å². The topological polar surface area (TPSA) is 112 Å².